The summed E-state index contributed by atoms with van der Waals surface area (Å²) in [5, 5.41) is 3.41. The normalized spacial score (nSPS) is 15.9. The second-order valence-corrected chi connectivity index (χ2v) is 6.38. The second-order valence-electron chi connectivity index (χ2n) is 5.97. The SMILES string of the molecule is CCCOc1c(Cl)cccc1NC(=O)C1CCN(CC(N)=O)CC1. The molecule has 1 fully saturated rings. The molecule has 1 saturated heterocycles. The molecule has 2 rings (SSSR count). The maximum absolute atomic E-state index is 12.5. The van der Waals surface area contributed by atoms with E-state index in [-0.39, 0.29) is 24.3 Å². The molecule has 1 heterocycles. The van der Waals surface area contributed by atoms with Gasteiger partial charge < -0.3 is 15.8 Å². The number of ether oxygens (including phenoxy) is 1. The van der Waals surface area contributed by atoms with Crippen molar-refractivity contribution < 1.29 is 14.3 Å². The number of nitrogens with zero attached hydrogens (tertiary/aromatic N) is 1. The first kappa shape index (κ1) is 18.5. The van der Waals surface area contributed by atoms with E-state index >= 15 is 0 Å². The minimum atomic E-state index is -0.338. The molecular formula is C17H24ClN3O3. The van der Waals surface area contributed by atoms with Gasteiger partial charge in [0.05, 0.1) is 23.9 Å². The summed E-state index contributed by atoms with van der Waals surface area (Å²) in [6.07, 6.45) is 2.26. The maximum atomic E-state index is 12.5. The molecule has 6 nitrogen and oxygen atoms in total. The number of benzene rings is 1. The Labute approximate surface area is 147 Å². The summed E-state index contributed by atoms with van der Waals surface area (Å²) in [4.78, 5) is 25.4. The zero-order chi connectivity index (χ0) is 17.5. The lowest BCUT2D eigenvalue weighted by molar-refractivity contribution is -0.122. The van der Waals surface area contributed by atoms with Gasteiger partial charge in [-0.1, -0.05) is 24.6 Å². The summed E-state index contributed by atoms with van der Waals surface area (Å²) in [5.41, 5.74) is 5.80. The number of hydrogen-bond acceptors (Lipinski definition) is 4. The molecule has 3 N–H and O–H groups in total. The number of nitrogens with two attached hydrogens (primary N) is 1. The van der Waals surface area contributed by atoms with Crippen LogP contribution in [-0.2, 0) is 9.59 Å². The van der Waals surface area contributed by atoms with Gasteiger partial charge in [0.25, 0.3) is 0 Å². The molecule has 132 valence electrons. The van der Waals surface area contributed by atoms with Crippen LogP contribution in [0.4, 0.5) is 5.69 Å². The van der Waals surface area contributed by atoms with E-state index in [0.29, 0.717) is 49.0 Å². The standard InChI is InChI=1S/C17H24ClN3O3/c1-2-10-24-16-13(18)4-3-5-14(16)20-17(23)12-6-8-21(9-7-12)11-15(19)22/h3-5,12H,2,6-11H2,1H3,(H2,19,22)(H,20,23). The zero-order valence-corrected chi connectivity index (χ0v) is 14.6. The molecule has 1 aliphatic heterocycles. The number of primary amides is 1. The Balaban J connectivity index is 1.95. The van der Waals surface area contributed by atoms with Crippen LogP contribution < -0.4 is 15.8 Å². The number of anilines is 1. The van der Waals surface area contributed by atoms with E-state index in [1.54, 1.807) is 18.2 Å². The van der Waals surface area contributed by atoms with Gasteiger partial charge in [-0.25, -0.2) is 0 Å². The van der Waals surface area contributed by atoms with Crippen molar-refractivity contribution in [2.45, 2.75) is 26.2 Å². The lowest BCUT2D eigenvalue weighted by Crippen LogP contribution is -2.42. The summed E-state index contributed by atoms with van der Waals surface area (Å²) in [7, 11) is 0. The van der Waals surface area contributed by atoms with Gasteiger partial charge in [-0.2, -0.15) is 0 Å². The molecule has 0 spiro atoms. The molecule has 2 amide bonds. The number of amides is 2. The maximum Gasteiger partial charge on any atom is 0.231 e. The lowest BCUT2D eigenvalue weighted by atomic mass is 9.95. The first-order valence-corrected chi connectivity index (χ1v) is 8.62. The average molecular weight is 354 g/mol. The summed E-state index contributed by atoms with van der Waals surface area (Å²) in [5.74, 6) is 0.0412. The Morgan fingerprint density at radius 1 is 1.38 bits per heavy atom. The minimum Gasteiger partial charge on any atom is -0.490 e. The molecule has 0 radical (unpaired) electrons. The number of para-hydroxylation sites is 1. The fourth-order valence-corrected chi connectivity index (χ4v) is 3.00. The largest absolute Gasteiger partial charge is 0.490 e. The van der Waals surface area contributed by atoms with Gasteiger partial charge in [-0.05, 0) is 44.5 Å². The third-order valence-corrected chi connectivity index (χ3v) is 4.31. The van der Waals surface area contributed by atoms with Crippen LogP contribution in [0.5, 0.6) is 5.75 Å². The average Bonchev–Trinajstić information content (AvgIpc) is 2.54. The van der Waals surface area contributed by atoms with Crippen molar-refractivity contribution in [3.8, 4) is 5.75 Å². The van der Waals surface area contributed by atoms with Crippen LogP contribution in [0.2, 0.25) is 5.02 Å². The Morgan fingerprint density at radius 2 is 2.08 bits per heavy atom. The fraction of sp³-hybridized carbons (Fsp3) is 0.529. The summed E-state index contributed by atoms with van der Waals surface area (Å²) in [6.45, 7) is 4.18. The highest BCUT2D eigenvalue weighted by Crippen LogP contribution is 2.33. The van der Waals surface area contributed by atoms with Crippen molar-refractivity contribution >= 4 is 29.1 Å². The molecule has 1 aromatic carbocycles. The first-order chi connectivity index (χ1) is 11.5. The van der Waals surface area contributed by atoms with Gasteiger partial charge in [0.1, 0.15) is 0 Å². The predicted octanol–water partition coefficient (Wildman–Crippen LogP) is 2.26. The van der Waals surface area contributed by atoms with Crippen molar-refractivity contribution in [1.82, 2.24) is 4.90 Å². The van der Waals surface area contributed by atoms with E-state index in [1.807, 2.05) is 11.8 Å². The zero-order valence-electron chi connectivity index (χ0n) is 13.9. The van der Waals surface area contributed by atoms with Gasteiger partial charge in [0.15, 0.2) is 5.75 Å². The third kappa shape index (κ3) is 5.11. The number of hydrogen-bond donors (Lipinski definition) is 2. The van der Waals surface area contributed by atoms with Crippen LogP contribution in [-0.4, -0.2) is 43.0 Å². The summed E-state index contributed by atoms with van der Waals surface area (Å²) < 4.78 is 5.66. The third-order valence-electron chi connectivity index (χ3n) is 4.01. The van der Waals surface area contributed by atoms with Crippen molar-refractivity contribution in [2.24, 2.45) is 11.7 Å². The summed E-state index contributed by atoms with van der Waals surface area (Å²) in [6, 6.07) is 5.31. The van der Waals surface area contributed by atoms with Gasteiger partial charge in [-0.3, -0.25) is 14.5 Å². The second kappa shape index (κ2) is 8.89. The van der Waals surface area contributed by atoms with Crippen LogP contribution >= 0.6 is 11.6 Å². The Kier molecular flexibility index (Phi) is 6.87. The molecule has 24 heavy (non-hydrogen) atoms. The van der Waals surface area contributed by atoms with Crippen molar-refractivity contribution in [3.05, 3.63) is 23.2 Å². The minimum absolute atomic E-state index is 0.0441. The smallest absolute Gasteiger partial charge is 0.231 e. The number of likely N-dealkylation sites (tertiary alicyclic amines) is 1. The number of nitrogens with one attached hydrogen (secondary N) is 1. The molecule has 1 aromatic rings. The van der Waals surface area contributed by atoms with E-state index in [2.05, 4.69) is 5.32 Å². The molecule has 0 atom stereocenters. The van der Waals surface area contributed by atoms with Gasteiger partial charge in [0.2, 0.25) is 11.8 Å². The van der Waals surface area contributed by atoms with Crippen molar-refractivity contribution in [1.29, 1.82) is 0 Å². The molecule has 1 aliphatic rings. The van der Waals surface area contributed by atoms with Gasteiger partial charge >= 0.3 is 0 Å². The van der Waals surface area contributed by atoms with Crippen molar-refractivity contribution in [3.63, 3.8) is 0 Å². The van der Waals surface area contributed by atoms with Gasteiger partial charge in [-0.15, -0.1) is 0 Å². The Bertz CT molecular complexity index is 586. The molecule has 7 heteroatoms. The highest BCUT2D eigenvalue weighted by atomic mass is 35.5. The highest BCUT2D eigenvalue weighted by molar-refractivity contribution is 6.32. The molecule has 0 aromatic heterocycles. The van der Waals surface area contributed by atoms with E-state index in [9.17, 15) is 9.59 Å². The van der Waals surface area contributed by atoms with Crippen LogP contribution in [0.3, 0.4) is 0 Å². The predicted molar refractivity (Wildman–Crippen MR) is 94.2 cm³/mol. The molecule has 0 aliphatic carbocycles. The summed E-state index contributed by atoms with van der Waals surface area (Å²) >= 11 is 6.18. The number of carbonyl (C=O) groups is 2. The fourth-order valence-electron chi connectivity index (χ4n) is 2.77. The van der Waals surface area contributed by atoms with E-state index in [4.69, 9.17) is 22.1 Å². The first-order valence-electron chi connectivity index (χ1n) is 8.24. The van der Waals surface area contributed by atoms with Crippen LogP contribution in [0, 0.1) is 5.92 Å². The molecule has 0 bridgehead atoms. The Morgan fingerprint density at radius 3 is 2.71 bits per heavy atom. The molecular weight excluding hydrogens is 330 g/mol. The number of piperidine rings is 1. The number of halogens is 1. The number of carbonyl (C=O) groups excluding carboxylic acids is 2. The molecule has 0 unspecified atom stereocenters. The lowest BCUT2D eigenvalue weighted by Gasteiger charge is -2.30. The molecule has 0 saturated carbocycles. The van der Waals surface area contributed by atoms with Crippen LogP contribution in [0.25, 0.3) is 0 Å². The van der Waals surface area contributed by atoms with Crippen LogP contribution in [0.1, 0.15) is 26.2 Å². The monoisotopic (exact) mass is 353 g/mol. The van der Waals surface area contributed by atoms with Crippen LogP contribution in [0.15, 0.2) is 18.2 Å². The topological polar surface area (TPSA) is 84.7 Å². The van der Waals surface area contributed by atoms with Crippen molar-refractivity contribution in [2.75, 3.05) is 31.6 Å². The van der Waals surface area contributed by atoms with E-state index in [1.165, 1.54) is 0 Å². The van der Waals surface area contributed by atoms with E-state index in [0.717, 1.165) is 6.42 Å². The quantitative estimate of drug-likeness (QED) is 0.787. The highest BCUT2D eigenvalue weighted by Gasteiger charge is 2.26. The Hall–Kier alpha value is -1.79. The van der Waals surface area contributed by atoms with E-state index < -0.39 is 0 Å². The van der Waals surface area contributed by atoms with Gasteiger partial charge in [0, 0.05) is 5.92 Å². The number of rotatable bonds is 7.